The molecule has 1 heterocycles. The van der Waals surface area contributed by atoms with Crippen molar-refractivity contribution in [2.24, 2.45) is 0 Å². The van der Waals surface area contributed by atoms with Gasteiger partial charge in [-0.1, -0.05) is 0 Å². The molecule has 4 nitrogen and oxygen atoms in total. The summed E-state index contributed by atoms with van der Waals surface area (Å²) >= 11 is 0. The van der Waals surface area contributed by atoms with Crippen molar-refractivity contribution < 1.29 is 4.74 Å². The Hall–Kier alpha value is -0.630. The van der Waals surface area contributed by atoms with Crippen molar-refractivity contribution in [3.8, 4) is 6.07 Å². The van der Waals surface area contributed by atoms with E-state index in [4.69, 9.17) is 10.00 Å². The zero-order valence-electron chi connectivity index (χ0n) is 10.5. The molecule has 0 radical (unpaired) electrons. The molecule has 0 N–H and O–H groups in total. The molecule has 1 rings (SSSR count). The van der Waals surface area contributed by atoms with E-state index >= 15 is 0 Å². The van der Waals surface area contributed by atoms with Gasteiger partial charge in [0, 0.05) is 39.3 Å². The molecule has 1 saturated heterocycles. The van der Waals surface area contributed by atoms with Crippen molar-refractivity contribution in [1.82, 2.24) is 9.80 Å². The van der Waals surface area contributed by atoms with Gasteiger partial charge >= 0.3 is 0 Å². The lowest BCUT2D eigenvalue weighted by Gasteiger charge is -2.33. The van der Waals surface area contributed by atoms with E-state index < -0.39 is 0 Å². The maximum Gasteiger partial charge on any atom is 0.0866 e. The topological polar surface area (TPSA) is 39.5 Å². The number of nitriles is 1. The molecule has 0 atom stereocenters. The van der Waals surface area contributed by atoms with Crippen LogP contribution in [0.4, 0.5) is 0 Å². The van der Waals surface area contributed by atoms with Crippen LogP contribution in [0.5, 0.6) is 0 Å². The lowest BCUT2D eigenvalue weighted by Crippen LogP contribution is -2.46. The van der Waals surface area contributed by atoms with Gasteiger partial charge in [0.25, 0.3) is 0 Å². The van der Waals surface area contributed by atoms with Crippen LogP contribution < -0.4 is 0 Å². The van der Waals surface area contributed by atoms with E-state index in [1.165, 1.54) is 0 Å². The lowest BCUT2D eigenvalue weighted by molar-refractivity contribution is 0.0648. The Labute approximate surface area is 98.8 Å². The zero-order valence-corrected chi connectivity index (χ0v) is 10.5. The van der Waals surface area contributed by atoms with Gasteiger partial charge in [-0.2, -0.15) is 5.26 Å². The molecular formula is C12H23N3O. The standard InChI is InChI=1S/C12H23N3O/c1-12(2)16-11-3-5-14-7-9-15(6-4-13)10-8-14/h12H,3,5-11H2,1-2H3. The smallest absolute Gasteiger partial charge is 0.0866 e. The second-order valence-corrected chi connectivity index (χ2v) is 4.55. The van der Waals surface area contributed by atoms with Crippen LogP contribution in [0.1, 0.15) is 20.3 Å². The molecule has 0 aliphatic carbocycles. The minimum absolute atomic E-state index is 0.340. The zero-order chi connectivity index (χ0) is 11.8. The molecule has 0 saturated carbocycles. The van der Waals surface area contributed by atoms with E-state index in [-0.39, 0.29) is 0 Å². The first-order valence-corrected chi connectivity index (χ1v) is 6.15. The summed E-state index contributed by atoms with van der Waals surface area (Å²) in [4.78, 5) is 4.67. The van der Waals surface area contributed by atoms with Gasteiger partial charge in [-0.15, -0.1) is 0 Å². The largest absolute Gasteiger partial charge is 0.379 e. The SMILES string of the molecule is CC(C)OCCCN1CCN(CC#N)CC1. The van der Waals surface area contributed by atoms with E-state index in [9.17, 15) is 0 Å². The molecule has 0 bridgehead atoms. The summed E-state index contributed by atoms with van der Waals surface area (Å²) in [5.74, 6) is 0. The second-order valence-electron chi connectivity index (χ2n) is 4.55. The monoisotopic (exact) mass is 225 g/mol. The fourth-order valence-corrected chi connectivity index (χ4v) is 1.88. The van der Waals surface area contributed by atoms with Gasteiger partial charge < -0.3 is 9.64 Å². The van der Waals surface area contributed by atoms with Crippen molar-refractivity contribution in [3.63, 3.8) is 0 Å². The third kappa shape index (κ3) is 5.45. The van der Waals surface area contributed by atoms with Crippen molar-refractivity contribution in [2.45, 2.75) is 26.4 Å². The van der Waals surface area contributed by atoms with Crippen LogP contribution in [0.3, 0.4) is 0 Å². The summed E-state index contributed by atoms with van der Waals surface area (Å²) in [5, 5.41) is 8.59. The fourth-order valence-electron chi connectivity index (χ4n) is 1.88. The Balaban J connectivity index is 2.02. The Bertz CT molecular complexity index is 217. The minimum Gasteiger partial charge on any atom is -0.379 e. The normalized spacial score (nSPS) is 18.9. The molecule has 0 aromatic rings. The van der Waals surface area contributed by atoms with E-state index in [1.807, 2.05) is 0 Å². The molecule has 0 unspecified atom stereocenters. The first kappa shape index (κ1) is 13.4. The van der Waals surface area contributed by atoms with Crippen LogP contribution in [0, 0.1) is 11.3 Å². The predicted octanol–water partition coefficient (Wildman–Crippen LogP) is 0.943. The summed E-state index contributed by atoms with van der Waals surface area (Å²) in [7, 11) is 0. The quantitative estimate of drug-likeness (QED) is 0.498. The molecule has 92 valence electrons. The van der Waals surface area contributed by atoms with Gasteiger partial charge in [0.05, 0.1) is 18.7 Å². The average molecular weight is 225 g/mol. The highest BCUT2D eigenvalue weighted by atomic mass is 16.5. The Kier molecular flexibility index (Phi) is 6.39. The Morgan fingerprint density at radius 3 is 2.38 bits per heavy atom. The first-order valence-electron chi connectivity index (χ1n) is 6.15. The number of piperazine rings is 1. The number of nitrogens with zero attached hydrogens (tertiary/aromatic N) is 3. The summed E-state index contributed by atoms with van der Waals surface area (Å²) in [6, 6.07) is 2.20. The molecule has 0 spiro atoms. The third-order valence-electron chi connectivity index (χ3n) is 2.83. The van der Waals surface area contributed by atoms with Gasteiger partial charge in [-0.05, 0) is 20.3 Å². The summed E-state index contributed by atoms with van der Waals surface area (Å²) in [6.07, 6.45) is 1.45. The molecule has 0 aromatic carbocycles. The van der Waals surface area contributed by atoms with E-state index in [0.29, 0.717) is 12.6 Å². The maximum absolute atomic E-state index is 8.59. The van der Waals surface area contributed by atoms with Gasteiger partial charge in [-0.25, -0.2) is 0 Å². The van der Waals surface area contributed by atoms with E-state index in [2.05, 4.69) is 29.7 Å². The molecule has 1 aliphatic rings. The number of hydrogen-bond donors (Lipinski definition) is 0. The molecule has 1 aliphatic heterocycles. The van der Waals surface area contributed by atoms with Gasteiger partial charge in [-0.3, -0.25) is 4.90 Å². The van der Waals surface area contributed by atoms with Crippen LogP contribution in [0.15, 0.2) is 0 Å². The Morgan fingerprint density at radius 2 is 1.81 bits per heavy atom. The average Bonchev–Trinajstić information content (AvgIpc) is 2.27. The molecule has 16 heavy (non-hydrogen) atoms. The second kappa shape index (κ2) is 7.61. The van der Waals surface area contributed by atoms with Crippen LogP contribution in [0.2, 0.25) is 0 Å². The highest BCUT2D eigenvalue weighted by Crippen LogP contribution is 2.02. The summed E-state index contributed by atoms with van der Waals surface area (Å²) in [6.45, 7) is 10.9. The van der Waals surface area contributed by atoms with E-state index in [0.717, 1.165) is 45.8 Å². The van der Waals surface area contributed by atoms with Crippen LogP contribution >= 0.6 is 0 Å². The molecule has 0 amide bonds. The fraction of sp³-hybridized carbons (Fsp3) is 0.917. The highest BCUT2D eigenvalue weighted by Gasteiger charge is 2.15. The lowest BCUT2D eigenvalue weighted by atomic mass is 10.3. The van der Waals surface area contributed by atoms with Crippen molar-refractivity contribution in [2.75, 3.05) is 45.9 Å². The van der Waals surface area contributed by atoms with Crippen molar-refractivity contribution in [1.29, 1.82) is 5.26 Å². The van der Waals surface area contributed by atoms with Crippen molar-refractivity contribution in [3.05, 3.63) is 0 Å². The summed E-state index contributed by atoms with van der Waals surface area (Å²) < 4.78 is 5.51. The highest BCUT2D eigenvalue weighted by molar-refractivity contribution is 4.80. The number of ether oxygens (including phenoxy) is 1. The van der Waals surface area contributed by atoms with Crippen molar-refractivity contribution >= 4 is 0 Å². The number of hydrogen-bond acceptors (Lipinski definition) is 4. The molecule has 1 fully saturated rings. The third-order valence-corrected chi connectivity index (χ3v) is 2.83. The van der Waals surface area contributed by atoms with Gasteiger partial charge in [0.1, 0.15) is 0 Å². The van der Waals surface area contributed by atoms with Crippen LogP contribution in [-0.2, 0) is 4.74 Å². The molecule has 4 heteroatoms. The summed E-state index contributed by atoms with van der Waals surface area (Å²) in [5.41, 5.74) is 0. The minimum atomic E-state index is 0.340. The van der Waals surface area contributed by atoms with Gasteiger partial charge in [0.15, 0.2) is 0 Å². The predicted molar refractivity (Wildman–Crippen MR) is 64.2 cm³/mol. The Morgan fingerprint density at radius 1 is 1.19 bits per heavy atom. The van der Waals surface area contributed by atoms with Crippen LogP contribution in [-0.4, -0.2) is 61.8 Å². The molecular weight excluding hydrogens is 202 g/mol. The first-order chi connectivity index (χ1) is 7.72. The number of rotatable bonds is 6. The maximum atomic E-state index is 8.59. The van der Waals surface area contributed by atoms with Crippen LogP contribution in [0.25, 0.3) is 0 Å². The van der Waals surface area contributed by atoms with E-state index in [1.54, 1.807) is 0 Å². The molecule has 0 aromatic heterocycles. The van der Waals surface area contributed by atoms with Gasteiger partial charge in [0.2, 0.25) is 0 Å².